The zero-order chi connectivity index (χ0) is 20.1. The molecule has 2 heterocycles. The van der Waals surface area contributed by atoms with Crippen LogP contribution in [0.25, 0.3) is 5.69 Å². The number of benzene rings is 1. The van der Waals surface area contributed by atoms with Crippen LogP contribution in [0.15, 0.2) is 24.4 Å². The summed E-state index contributed by atoms with van der Waals surface area (Å²) in [5, 5.41) is 3.41. The zero-order valence-electron chi connectivity index (χ0n) is 16.7. The van der Waals surface area contributed by atoms with Crippen molar-refractivity contribution in [3.05, 3.63) is 46.8 Å². The van der Waals surface area contributed by atoms with E-state index in [1.807, 2.05) is 25.3 Å². The Morgan fingerprint density at radius 2 is 2.11 bits per heavy atom. The van der Waals surface area contributed by atoms with Gasteiger partial charge in [-0.3, -0.25) is 9.59 Å². The molecule has 2 aromatic rings. The number of ether oxygens (including phenoxy) is 1. The quantitative estimate of drug-likeness (QED) is 0.851. The van der Waals surface area contributed by atoms with E-state index in [4.69, 9.17) is 10.5 Å². The van der Waals surface area contributed by atoms with Crippen LogP contribution in [0.2, 0.25) is 0 Å². The minimum Gasteiger partial charge on any atom is -0.379 e. The van der Waals surface area contributed by atoms with Gasteiger partial charge in [0.2, 0.25) is 0 Å². The van der Waals surface area contributed by atoms with Gasteiger partial charge in [0.05, 0.1) is 18.2 Å². The number of aryl methyl sites for hydroxylation is 1. The van der Waals surface area contributed by atoms with Gasteiger partial charge in [0.15, 0.2) is 5.78 Å². The Labute approximate surface area is 165 Å². The molecular formula is C22H27N3O3. The summed E-state index contributed by atoms with van der Waals surface area (Å²) in [6.07, 6.45) is 4.31. The SMILES string of the molecule is Cc1cn(-c2ccc(C(N)=O)c(NC3CCOC3)c2)c2c1C(=O)CC(C)(C)C2. The largest absolute Gasteiger partial charge is 0.379 e. The maximum absolute atomic E-state index is 12.7. The van der Waals surface area contributed by atoms with Crippen molar-refractivity contribution in [2.75, 3.05) is 18.5 Å². The number of nitrogens with zero attached hydrogens (tertiary/aromatic N) is 1. The second kappa shape index (κ2) is 6.78. The number of aromatic nitrogens is 1. The number of Topliss-reactive ketones (excluding diaryl/α,β-unsaturated/α-hetero) is 1. The van der Waals surface area contributed by atoms with Gasteiger partial charge < -0.3 is 20.4 Å². The van der Waals surface area contributed by atoms with Gasteiger partial charge in [-0.25, -0.2) is 0 Å². The molecule has 1 atom stereocenters. The number of carbonyl (C=O) groups is 2. The topological polar surface area (TPSA) is 86.3 Å². The number of nitrogens with one attached hydrogen (secondary N) is 1. The lowest BCUT2D eigenvalue weighted by molar-refractivity contribution is 0.0909. The van der Waals surface area contributed by atoms with Crippen molar-refractivity contribution in [3.8, 4) is 5.69 Å². The molecule has 1 aromatic heterocycles. The molecule has 1 unspecified atom stereocenters. The molecule has 1 aliphatic carbocycles. The van der Waals surface area contributed by atoms with E-state index in [1.54, 1.807) is 6.07 Å². The molecule has 0 radical (unpaired) electrons. The predicted molar refractivity (Wildman–Crippen MR) is 108 cm³/mol. The summed E-state index contributed by atoms with van der Waals surface area (Å²) in [4.78, 5) is 24.6. The fourth-order valence-electron chi connectivity index (χ4n) is 4.39. The lowest BCUT2D eigenvalue weighted by Gasteiger charge is -2.30. The number of hydrogen-bond donors (Lipinski definition) is 2. The fourth-order valence-corrected chi connectivity index (χ4v) is 4.39. The number of anilines is 1. The molecular weight excluding hydrogens is 354 g/mol. The van der Waals surface area contributed by atoms with Gasteiger partial charge in [0, 0.05) is 41.9 Å². The third-order valence-electron chi connectivity index (χ3n) is 5.70. The Hall–Kier alpha value is -2.60. The first-order chi connectivity index (χ1) is 13.2. The van der Waals surface area contributed by atoms with Gasteiger partial charge in [-0.2, -0.15) is 0 Å². The van der Waals surface area contributed by atoms with Crippen LogP contribution in [0.5, 0.6) is 0 Å². The molecule has 1 aromatic carbocycles. The molecule has 0 spiro atoms. The van der Waals surface area contributed by atoms with Gasteiger partial charge in [-0.15, -0.1) is 0 Å². The van der Waals surface area contributed by atoms with Crippen LogP contribution in [0.3, 0.4) is 0 Å². The number of primary amides is 1. The Morgan fingerprint density at radius 1 is 1.32 bits per heavy atom. The highest BCUT2D eigenvalue weighted by atomic mass is 16.5. The van der Waals surface area contributed by atoms with Gasteiger partial charge in [-0.05, 0) is 48.9 Å². The van der Waals surface area contributed by atoms with E-state index >= 15 is 0 Å². The molecule has 28 heavy (non-hydrogen) atoms. The van der Waals surface area contributed by atoms with Crippen LogP contribution in [0.1, 0.15) is 58.7 Å². The molecule has 148 valence electrons. The van der Waals surface area contributed by atoms with E-state index in [0.29, 0.717) is 30.9 Å². The van der Waals surface area contributed by atoms with Crippen molar-refractivity contribution in [2.45, 2.75) is 46.1 Å². The first-order valence-corrected chi connectivity index (χ1v) is 9.78. The molecule has 1 fully saturated rings. The average molecular weight is 381 g/mol. The van der Waals surface area contributed by atoms with Crippen molar-refractivity contribution in [1.82, 2.24) is 4.57 Å². The summed E-state index contributed by atoms with van der Waals surface area (Å²) in [6.45, 7) is 7.57. The van der Waals surface area contributed by atoms with E-state index in [9.17, 15) is 9.59 Å². The Balaban J connectivity index is 1.79. The monoisotopic (exact) mass is 381 g/mol. The molecule has 1 aliphatic heterocycles. The van der Waals surface area contributed by atoms with Crippen LogP contribution in [-0.2, 0) is 11.2 Å². The maximum atomic E-state index is 12.7. The van der Waals surface area contributed by atoms with Crippen molar-refractivity contribution in [3.63, 3.8) is 0 Å². The molecule has 3 N–H and O–H groups in total. The maximum Gasteiger partial charge on any atom is 0.250 e. The first kappa shape index (κ1) is 18.7. The minimum atomic E-state index is -0.463. The highest BCUT2D eigenvalue weighted by Crippen LogP contribution is 2.38. The molecule has 2 aliphatic rings. The Kier molecular flexibility index (Phi) is 4.54. The fraction of sp³-hybridized carbons (Fsp3) is 0.455. The lowest BCUT2D eigenvalue weighted by atomic mass is 9.75. The van der Waals surface area contributed by atoms with Crippen molar-refractivity contribution in [2.24, 2.45) is 11.1 Å². The van der Waals surface area contributed by atoms with Crippen molar-refractivity contribution < 1.29 is 14.3 Å². The minimum absolute atomic E-state index is 0.0674. The standard InChI is InChI=1S/C22H27N3O3/c1-13-11-25(18-9-22(2,3)10-19(26)20(13)18)15-4-5-16(21(23)27)17(8-15)24-14-6-7-28-12-14/h4-5,8,11,14,24H,6-7,9-10,12H2,1-3H3,(H2,23,27). The third kappa shape index (κ3) is 3.33. The molecule has 4 rings (SSSR count). The van der Waals surface area contributed by atoms with Gasteiger partial charge in [0.25, 0.3) is 5.91 Å². The van der Waals surface area contributed by atoms with Crippen molar-refractivity contribution >= 4 is 17.4 Å². The Morgan fingerprint density at radius 3 is 2.79 bits per heavy atom. The summed E-state index contributed by atoms with van der Waals surface area (Å²) in [5.74, 6) is -0.257. The average Bonchev–Trinajstić information content (AvgIpc) is 3.21. The van der Waals surface area contributed by atoms with E-state index < -0.39 is 5.91 Å². The van der Waals surface area contributed by atoms with E-state index in [2.05, 4.69) is 23.7 Å². The van der Waals surface area contributed by atoms with Crippen LogP contribution < -0.4 is 11.1 Å². The molecule has 0 bridgehead atoms. The molecule has 6 heteroatoms. The highest BCUT2D eigenvalue weighted by Gasteiger charge is 2.34. The number of amides is 1. The van der Waals surface area contributed by atoms with E-state index in [0.717, 1.165) is 35.3 Å². The molecule has 0 saturated carbocycles. The number of hydrogen-bond acceptors (Lipinski definition) is 4. The first-order valence-electron chi connectivity index (χ1n) is 9.78. The number of ketones is 1. The van der Waals surface area contributed by atoms with Gasteiger partial charge in [0.1, 0.15) is 0 Å². The summed E-state index contributed by atoms with van der Waals surface area (Å²) in [7, 11) is 0. The number of carbonyl (C=O) groups excluding carboxylic acids is 2. The summed E-state index contributed by atoms with van der Waals surface area (Å²) in [6, 6.07) is 5.76. The van der Waals surface area contributed by atoms with E-state index in [1.165, 1.54) is 0 Å². The number of fused-ring (bicyclic) bond motifs is 1. The summed E-state index contributed by atoms with van der Waals surface area (Å²) in [5.41, 5.74) is 10.5. The normalized spacial score (nSPS) is 20.8. The smallest absolute Gasteiger partial charge is 0.250 e. The van der Waals surface area contributed by atoms with Crippen LogP contribution in [-0.4, -0.2) is 35.5 Å². The second-order valence-electron chi connectivity index (χ2n) is 8.74. The van der Waals surface area contributed by atoms with E-state index in [-0.39, 0.29) is 17.2 Å². The molecule has 6 nitrogen and oxygen atoms in total. The predicted octanol–water partition coefficient (Wildman–Crippen LogP) is 3.24. The summed E-state index contributed by atoms with van der Waals surface area (Å²) >= 11 is 0. The number of nitrogens with two attached hydrogens (primary N) is 1. The zero-order valence-corrected chi connectivity index (χ0v) is 16.7. The van der Waals surface area contributed by atoms with Crippen LogP contribution in [0.4, 0.5) is 5.69 Å². The van der Waals surface area contributed by atoms with Gasteiger partial charge in [-0.1, -0.05) is 13.8 Å². The summed E-state index contributed by atoms with van der Waals surface area (Å²) < 4.78 is 7.52. The highest BCUT2D eigenvalue weighted by molar-refractivity contribution is 6.01. The lowest BCUT2D eigenvalue weighted by Crippen LogP contribution is -2.28. The second-order valence-corrected chi connectivity index (χ2v) is 8.74. The number of rotatable bonds is 4. The molecule has 1 saturated heterocycles. The van der Waals surface area contributed by atoms with Crippen LogP contribution >= 0.6 is 0 Å². The van der Waals surface area contributed by atoms with Gasteiger partial charge >= 0.3 is 0 Å². The molecule has 1 amide bonds. The van der Waals surface area contributed by atoms with Crippen molar-refractivity contribution in [1.29, 1.82) is 0 Å². The third-order valence-corrected chi connectivity index (χ3v) is 5.70. The Bertz CT molecular complexity index is 952. The van der Waals surface area contributed by atoms with Crippen LogP contribution in [0, 0.1) is 12.3 Å².